The topological polar surface area (TPSA) is 58.6 Å². The first kappa shape index (κ1) is 16.1. The Morgan fingerprint density at radius 2 is 2.23 bits per heavy atom. The Balaban J connectivity index is 2.26. The van der Waals surface area contributed by atoms with E-state index in [1.807, 2.05) is 13.8 Å². The molecular weight excluding hydrogens is 280 g/mol. The lowest BCUT2D eigenvalue weighted by Crippen LogP contribution is -2.44. The van der Waals surface area contributed by atoms with Gasteiger partial charge in [0.25, 0.3) is 5.91 Å². The minimum Gasteiger partial charge on any atom is -0.479 e. The number of rotatable bonds is 5. The van der Waals surface area contributed by atoms with Crippen LogP contribution in [0, 0.1) is 5.92 Å². The standard InChI is InChI=1S/C17H22N2O3/c1-5-8-19-14-10-13(18-16(20)9-11(2)3)6-7-15(14)22-12(4)17(19)21/h5-7,10-12H,1,8-9H2,2-4H3,(H,18,20). The maximum atomic E-state index is 12.2. The quantitative estimate of drug-likeness (QED) is 0.851. The predicted molar refractivity (Wildman–Crippen MR) is 87.2 cm³/mol. The van der Waals surface area contributed by atoms with E-state index < -0.39 is 6.10 Å². The molecule has 0 radical (unpaired) electrons. The molecule has 1 N–H and O–H groups in total. The van der Waals surface area contributed by atoms with Gasteiger partial charge in [0.1, 0.15) is 5.75 Å². The molecule has 1 unspecified atom stereocenters. The number of benzene rings is 1. The van der Waals surface area contributed by atoms with Gasteiger partial charge < -0.3 is 15.0 Å². The van der Waals surface area contributed by atoms with Gasteiger partial charge in [-0.25, -0.2) is 0 Å². The fourth-order valence-electron chi connectivity index (χ4n) is 2.38. The summed E-state index contributed by atoms with van der Waals surface area (Å²) in [5.74, 6) is 0.774. The smallest absolute Gasteiger partial charge is 0.268 e. The summed E-state index contributed by atoms with van der Waals surface area (Å²) in [7, 11) is 0. The summed E-state index contributed by atoms with van der Waals surface area (Å²) in [6.45, 7) is 9.80. The van der Waals surface area contributed by atoms with Crippen molar-refractivity contribution in [3.05, 3.63) is 30.9 Å². The van der Waals surface area contributed by atoms with Crippen LogP contribution in [0.4, 0.5) is 11.4 Å². The highest BCUT2D eigenvalue weighted by Gasteiger charge is 2.30. The summed E-state index contributed by atoms with van der Waals surface area (Å²) in [6.07, 6.45) is 1.61. The van der Waals surface area contributed by atoms with Crippen LogP contribution in [0.15, 0.2) is 30.9 Å². The molecule has 22 heavy (non-hydrogen) atoms. The van der Waals surface area contributed by atoms with Gasteiger partial charge in [0.05, 0.1) is 5.69 Å². The normalized spacial score (nSPS) is 17.0. The van der Waals surface area contributed by atoms with E-state index in [9.17, 15) is 9.59 Å². The molecule has 1 aromatic rings. The molecule has 0 bridgehead atoms. The molecule has 0 aliphatic carbocycles. The van der Waals surface area contributed by atoms with Crippen molar-refractivity contribution in [1.82, 2.24) is 0 Å². The number of hydrogen-bond donors (Lipinski definition) is 1. The average molecular weight is 302 g/mol. The largest absolute Gasteiger partial charge is 0.479 e. The van der Waals surface area contributed by atoms with E-state index in [-0.39, 0.29) is 11.8 Å². The second-order valence-corrected chi connectivity index (χ2v) is 5.83. The Kier molecular flexibility index (Phi) is 4.85. The van der Waals surface area contributed by atoms with Crippen LogP contribution in [0.3, 0.4) is 0 Å². The molecule has 2 rings (SSSR count). The number of amides is 2. The fourth-order valence-corrected chi connectivity index (χ4v) is 2.38. The first-order valence-corrected chi connectivity index (χ1v) is 7.45. The molecule has 0 fully saturated rings. The van der Waals surface area contributed by atoms with E-state index in [4.69, 9.17) is 4.74 Å². The number of fused-ring (bicyclic) bond motifs is 1. The Hall–Kier alpha value is -2.30. The van der Waals surface area contributed by atoms with E-state index in [0.717, 1.165) is 0 Å². The molecule has 1 aliphatic rings. The van der Waals surface area contributed by atoms with Gasteiger partial charge >= 0.3 is 0 Å². The minimum atomic E-state index is -0.520. The van der Waals surface area contributed by atoms with Gasteiger partial charge in [-0.3, -0.25) is 9.59 Å². The van der Waals surface area contributed by atoms with E-state index in [1.54, 1.807) is 36.1 Å². The van der Waals surface area contributed by atoms with Crippen molar-refractivity contribution in [2.45, 2.75) is 33.3 Å². The van der Waals surface area contributed by atoms with Gasteiger partial charge in [0.2, 0.25) is 5.91 Å². The average Bonchev–Trinajstić information content (AvgIpc) is 2.43. The van der Waals surface area contributed by atoms with E-state index >= 15 is 0 Å². The Morgan fingerprint density at radius 1 is 1.50 bits per heavy atom. The fraction of sp³-hybridized carbons (Fsp3) is 0.412. The maximum absolute atomic E-state index is 12.2. The molecule has 1 heterocycles. The van der Waals surface area contributed by atoms with E-state index in [1.165, 1.54) is 0 Å². The predicted octanol–water partition coefficient (Wildman–Crippen LogP) is 2.97. The Bertz CT molecular complexity index is 596. The Morgan fingerprint density at radius 3 is 2.86 bits per heavy atom. The molecule has 2 amide bonds. The number of nitrogens with one attached hydrogen (secondary N) is 1. The van der Waals surface area contributed by atoms with Crippen LogP contribution in [0.5, 0.6) is 5.75 Å². The first-order valence-electron chi connectivity index (χ1n) is 7.45. The lowest BCUT2D eigenvalue weighted by molar-refractivity contribution is -0.125. The van der Waals surface area contributed by atoms with Crippen molar-refractivity contribution >= 4 is 23.2 Å². The highest BCUT2D eigenvalue weighted by molar-refractivity contribution is 6.01. The van der Waals surface area contributed by atoms with E-state index in [2.05, 4.69) is 11.9 Å². The second kappa shape index (κ2) is 6.64. The van der Waals surface area contributed by atoms with Gasteiger partial charge in [-0.15, -0.1) is 6.58 Å². The van der Waals surface area contributed by atoms with Crippen molar-refractivity contribution in [2.75, 3.05) is 16.8 Å². The zero-order valence-electron chi connectivity index (χ0n) is 13.3. The number of nitrogens with zero attached hydrogens (tertiary/aromatic N) is 1. The zero-order chi connectivity index (χ0) is 16.3. The number of carbonyl (C=O) groups excluding carboxylic acids is 2. The second-order valence-electron chi connectivity index (χ2n) is 5.83. The molecule has 0 spiro atoms. The third kappa shape index (κ3) is 3.47. The molecule has 1 atom stereocenters. The van der Waals surface area contributed by atoms with Crippen LogP contribution >= 0.6 is 0 Å². The van der Waals surface area contributed by atoms with Crippen LogP contribution in [-0.4, -0.2) is 24.5 Å². The summed E-state index contributed by atoms with van der Waals surface area (Å²) in [6, 6.07) is 5.33. The highest BCUT2D eigenvalue weighted by Crippen LogP contribution is 2.36. The van der Waals surface area contributed by atoms with Crippen molar-refractivity contribution in [3.8, 4) is 5.75 Å². The third-order valence-electron chi connectivity index (χ3n) is 3.36. The van der Waals surface area contributed by atoms with Gasteiger partial charge in [0, 0.05) is 18.7 Å². The molecule has 5 heteroatoms. The molecular formula is C17H22N2O3. The molecule has 1 aromatic carbocycles. The van der Waals surface area contributed by atoms with Gasteiger partial charge in [-0.1, -0.05) is 19.9 Å². The summed E-state index contributed by atoms with van der Waals surface area (Å²) in [4.78, 5) is 25.7. The number of carbonyl (C=O) groups is 2. The highest BCUT2D eigenvalue weighted by atomic mass is 16.5. The van der Waals surface area contributed by atoms with Crippen LogP contribution < -0.4 is 15.0 Å². The molecule has 0 saturated heterocycles. The van der Waals surface area contributed by atoms with Crippen molar-refractivity contribution < 1.29 is 14.3 Å². The first-order chi connectivity index (χ1) is 10.4. The summed E-state index contributed by atoms with van der Waals surface area (Å²) in [5, 5.41) is 2.85. The summed E-state index contributed by atoms with van der Waals surface area (Å²) in [5.41, 5.74) is 1.31. The van der Waals surface area contributed by atoms with Gasteiger partial charge in [-0.2, -0.15) is 0 Å². The lowest BCUT2D eigenvalue weighted by atomic mass is 10.1. The van der Waals surface area contributed by atoms with Crippen molar-refractivity contribution in [2.24, 2.45) is 5.92 Å². The van der Waals surface area contributed by atoms with Crippen molar-refractivity contribution in [1.29, 1.82) is 0 Å². The summed E-state index contributed by atoms with van der Waals surface area (Å²) >= 11 is 0. The van der Waals surface area contributed by atoms with Crippen molar-refractivity contribution in [3.63, 3.8) is 0 Å². The summed E-state index contributed by atoms with van der Waals surface area (Å²) < 4.78 is 5.61. The Labute approximate surface area is 130 Å². The van der Waals surface area contributed by atoms with E-state index in [0.29, 0.717) is 36.0 Å². The van der Waals surface area contributed by atoms with Crippen LogP contribution in [-0.2, 0) is 9.59 Å². The molecule has 1 aliphatic heterocycles. The van der Waals surface area contributed by atoms with Crippen LogP contribution in [0.25, 0.3) is 0 Å². The SMILES string of the molecule is C=CCN1C(=O)C(C)Oc2ccc(NC(=O)CC(C)C)cc21. The number of hydrogen-bond acceptors (Lipinski definition) is 3. The monoisotopic (exact) mass is 302 g/mol. The number of ether oxygens (including phenoxy) is 1. The molecule has 0 aromatic heterocycles. The lowest BCUT2D eigenvalue weighted by Gasteiger charge is -2.32. The number of anilines is 2. The van der Waals surface area contributed by atoms with Gasteiger partial charge in [0.15, 0.2) is 6.10 Å². The molecule has 5 nitrogen and oxygen atoms in total. The third-order valence-corrected chi connectivity index (χ3v) is 3.36. The molecule has 0 saturated carbocycles. The van der Waals surface area contributed by atoms with Gasteiger partial charge in [-0.05, 0) is 31.0 Å². The maximum Gasteiger partial charge on any atom is 0.268 e. The van der Waals surface area contributed by atoms with Crippen LogP contribution in [0.1, 0.15) is 27.2 Å². The van der Waals surface area contributed by atoms with Crippen LogP contribution in [0.2, 0.25) is 0 Å². The minimum absolute atomic E-state index is 0.0401. The zero-order valence-corrected chi connectivity index (χ0v) is 13.3. The molecule has 118 valence electrons.